The molecule has 0 spiro atoms. The van der Waals surface area contributed by atoms with E-state index in [1.54, 1.807) is 6.20 Å². The lowest BCUT2D eigenvalue weighted by atomic mass is 10.2. The SMILES string of the molecule is S=C1N(CC=Cc2ccccc2)CCN1c1cccnc1. The molecule has 0 N–H and O–H groups in total. The van der Waals surface area contributed by atoms with E-state index in [2.05, 4.69) is 39.1 Å². The molecule has 0 atom stereocenters. The standard InChI is InChI=1S/C17H17N3S/c21-17-19(11-5-8-15-6-2-1-3-7-15)12-13-20(17)16-9-4-10-18-14-16/h1-10,14H,11-13H2. The number of nitrogens with zero attached hydrogens (tertiary/aromatic N) is 3. The van der Waals surface area contributed by atoms with E-state index in [1.165, 1.54) is 5.56 Å². The molecule has 1 aromatic carbocycles. The Morgan fingerprint density at radius 2 is 1.95 bits per heavy atom. The van der Waals surface area contributed by atoms with Gasteiger partial charge in [-0.3, -0.25) is 4.98 Å². The first-order valence-electron chi connectivity index (χ1n) is 7.02. The molecule has 1 saturated heterocycles. The minimum Gasteiger partial charge on any atom is -0.343 e. The number of benzene rings is 1. The zero-order chi connectivity index (χ0) is 14.5. The van der Waals surface area contributed by atoms with Crippen LogP contribution >= 0.6 is 12.2 Å². The van der Waals surface area contributed by atoms with Gasteiger partial charge in [-0.15, -0.1) is 0 Å². The molecule has 0 aliphatic carbocycles. The maximum Gasteiger partial charge on any atom is 0.176 e. The van der Waals surface area contributed by atoms with Crippen molar-refractivity contribution in [2.45, 2.75) is 0 Å². The number of hydrogen-bond donors (Lipinski definition) is 0. The van der Waals surface area contributed by atoms with E-state index in [4.69, 9.17) is 12.2 Å². The van der Waals surface area contributed by atoms with E-state index in [9.17, 15) is 0 Å². The molecule has 1 aliphatic rings. The quantitative estimate of drug-likeness (QED) is 0.806. The van der Waals surface area contributed by atoms with Crippen molar-refractivity contribution in [2.24, 2.45) is 0 Å². The van der Waals surface area contributed by atoms with Crippen molar-refractivity contribution >= 4 is 29.1 Å². The first kappa shape index (κ1) is 13.8. The summed E-state index contributed by atoms with van der Waals surface area (Å²) in [6.45, 7) is 2.71. The van der Waals surface area contributed by atoms with Gasteiger partial charge < -0.3 is 9.80 Å². The average Bonchev–Trinajstić information content (AvgIpc) is 2.90. The first-order valence-corrected chi connectivity index (χ1v) is 7.43. The van der Waals surface area contributed by atoms with Gasteiger partial charge in [0.1, 0.15) is 0 Å². The molecular formula is C17H17N3S. The van der Waals surface area contributed by atoms with E-state index in [0.29, 0.717) is 0 Å². The summed E-state index contributed by atoms with van der Waals surface area (Å²) in [6, 6.07) is 14.3. The molecule has 0 saturated carbocycles. The van der Waals surface area contributed by atoms with Gasteiger partial charge in [0, 0.05) is 25.8 Å². The summed E-state index contributed by atoms with van der Waals surface area (Å²) in [7, 11) is 0. The second kappa shape index (κ2) is 6.50. The monoisotopic (exact) mass is 295 g/mol. The van der Waals surface area contributed by atoms with Crippen molar-refractivity contribution < 1.29 is 0 Å². The Morgan fingerprint density at radius 1 is 1.10 bits per heavy atom. The highest BCUT2D eigenvalue weighted by Crippen LogP contribution is 2.19. The minimum absolute atomic E-state index is 0.838. The molecule has 1 aromatic heterocycles. The van der Waals surface area contributed by atoms with Gasteiger partial charge >= 0.3 is 0 Å². The van der Waals surface area contributed by atoms with E-state index < -0.39 is 0 Å². The topological polar surface area (TPSA) is 19.4 Å². The Balaban J connectivity index is 1.61. The third-order valence-corrected chi connectivity index (χ3v) is 3.97. The van der Waals surface area contributed by atoms with Gasteiger partial charge in [-0.25, -0.2) is 0 Å². The third kappa shape index (κ3) is 3.28. The Kier molecular flexibility index (Phi) is 4.26. The summed E-state index contributed by atoms with van der Waals surface area (Å²) in [5, 5.41) is 0.876. The first-order chi connectivity index (χ1) is 10.3. The van der Waals surface area contributed by atoms with Gasteiger partial charge in [-0.1, -0.05) is 42.5 Å². The predicted octanol–water partition coefficient (Wildman–Crippen LogP) is 3.20. The molecule has 21 heavy (non-hydrogen) atoms. The number of pyridine rings is 1. The van der Waals surface area contributed by atoms with Crippen LogP contribution in [0.2, 0.25) is 0 Å². The fraction of sp³-hybridized carbons (Fsp3) is 0.176. The molecule has 4 heteroatoms. The van der Waals surface area contributed by atoms with Gasteiger partial charge in [0.05, 0.1) is 11.9 Å². The Morgan fingerprint density at radius 3 is 2.71 bits per heavy atom. The summed E-state index contributed by atoms with van der Waals surface area (Å²) in [5.41, 5.74) is 2.28. The fourth-order valence-corrected chi connectivity index (χ4v) is 2.75. The number of hydrogen-bond acceptors (Lipinski definition) is 2. The van der Waals surface area contributed by atoms with Gasteiger partial charge in [0.25, 0.3) is 0 Å². The average molecular weight is 295 g/mol. The van der Waals surface area contributed by atoms with Crippen molar-refractivity contribution in [3.05, 3.63) is 66.5 Å². The van der Waals surface area contributed by atoms with Crippen LogP contribution in [-0.2, 0) is 0 Å². The maximum atomic E-state index is 5.56. The molecule has 0 amide bonds. The zero-order valence-electron chi connectivity index (χ0n) is 11.7. The van der Waals surface area contributed by atoms with Crippen LogP contribution in [-0.4, -0.2) is 34.6 Å². The molecule has 2 aromatic rings. The number of thiocarbonyl (C=S) groups is 1. The molecule has 1 fully saturated rings. The van der Waals surface area contributed by atoms with Gasteiger partial charge in [-0.2, -0.15) is 0 Å². The van der Waals surface area contributed by atoms with Crippen LogP contribution in [0.3, 0.4) is 0 Å². The smallest absolute Gasteiger partial charge is 0.176 e. The highest BCUT2D eigenvalue weighted by atomic mass is 32.1. The molecule has 0 radical (unpaired) electrons. The molecule has 3 rings (SSSR count). The lowest BCUT2D eigenvalue weighted by Gasteiger charge is -2.20. The number of aromatic nitrogens is 1. The third-order valence-electron chi connectivity index (χ3n) is 3.49. The highest BCUT2D eigenvalue weighted by Gasteiger charge is 2.24. The van der Waals surface area contributed by atoms with E-state index in [0.717, 1.165) is 30.4 Å². The van der Waals surface area contributed by atoms with Crippen molar-refractivity contribution in [1.29, 1.82) is 0 Å². The van der Waals surface area contributed by atoms with E-state index >= 15 is 0 Å². The number of anilines is 1. The molecule has 106 valence electrons. The van der Waals surface area contributed by atoms with Crippen LogP contribution in [0.4, 0.5) is 5.69 Å². The van der Waals surface area contributed by atoms with Crippen molar-refractivity contribution in [1.82, 2.24) is 9.88 Å². The number of rotatable bonds is 4. The van der Waals surface area contributed by atoms with Crippen molar-refractivity contribution in [3.63, 3.8) is 0 Å². The largest absolute Gasteiger partial charge is 0.343 e. The van der Waals surface area contributed by atoms with Crippen LogP contribution < -0.4 is 4.90 Å². The predicted molar refractivity (Wildman–Crippen MR) is 91.2 cm³/mol. The van der Waals surface area contributed by atoms with E-state index in [-0.39, 0.29) is 0 Å². The normalized spacial score (nSPS) is 15.1. The molecule has 2 heterocycles. The minimum atomic E-state index is 0.838. The Labute approximate surface area is 130 Å². The summed E-state index contributed by atoms with van der Waals surface area (Å²) in [4.78, 5) is 8.50. The lowest BCUT2D eigenvalue weighted by Crippen LogP contribution is -2.31. The Hall–Kier alpha value is -2.20. The Bertz CT molecular complexity index is 625. The zero-order valence-corrected chi connectivity index (χ0v) is 12.5. The second-order valence-electron chi connectivity index (χ2n) is 4.90. The van der Waals surface area contributed by atoms with Gasteiger partial charge in [-0.05, 0) is 29.9 Å². The van der Waals surface area contributed by atoms with Crippen LogP contribution in [0.5, 0.6) is 0 Å². The van der Waals surface area contributed by atoms with Gasteiger partial charge in [0.2, 0.25) is 0 Å². The van der Waals surface area contributed by atoms with Crippen LogP contribution in [0.1, 0.15) is 5.56 Å². The molecule has 1 aliphatic heterocycles. The fourth-order valence-electron chi connectivity index (χ4n) is 2.39. The van der Waals surface area contributed by atoms with Crippen LogP contribution in [0.25, 0.3) is 6.08 Å². The van der Waals surface area contributed by atoms with Crippen molar-refractivity contribution in [3.8, 4) is 0 Å². The molecule has 0 unspecified atom stereocenters. The summed E-state index contributed by atoms with van der Waals surface area (Å²) in [6.07, 6.45) is 7.93. The second-order valence-corrected chi connectivity index (χ2v) is 5.27. The summed E-state index contributed by atoms with van der Waals surface area (Å²) in [5.74, 6) is 0. The summed E-state index contributed by atoms with van der Waals surface area (Å²) < 4.78 is 0. The van der Waals surface area contributed by atoms with Crippen molar-refractivity contribution in [2.75, 3.05) is 24.5 Å². The van der Waals surface area contributed by atoms with E-state index in [1.807, 2.05) is 36.5 Å². The molecule has 3 nitrogen and oxygen atoms in total. The molecular weight excluding hydrogens is 278 g/mol. The highest BCUT2D eigenvalue weighted by molar-refractivity contribution is 7.80. The van der Waals surface area contributed by atoms with Gasteiger partial charge in [0.15, 0.2) is 5.11 Å². The molecule has 0 bridgehead atoms. The maximum absolute atomic E-state index is 5.56. The summed E-state index contributed by atoms with van der Waals surface area (Å²) >= 11 is 5.56. The van der Waals surface area contributed by atoms with Crippen LogP contribution in [0, 0.1) is 0 Å². The van der Waals surface area contributed by atoms with Crippen LogP contribution in [0.15, 0.2) is 60.9 Å². The lowest BCUT2D eigenvalue weighted by molar-refractivity contribution is 0.521.